The summed E-state index contributed by atoms with van der Waals surface area (Å²) in [6.45, 7) is -0.442. The zero-order chi connectivity index (χ0) is 12.1. The van der Waals surface area contributed by atoms with Gasteiger partial charge in [-0.1, -0.05) is 0 Å². The Bertz CT molecular complexity index is 294. The van der Waals surface area contributed by atoms with Crippen LogP contribution in [0.15, 0.2) is 0 Å². The van der Waals surface area contributed by atoms with E-state index in [9.17, 15) is 14.4 Å². The maximum atomic E-state index is 11.5. The minimum Gasteiger partial charge on any atom is -0.480 e. The highest BCUT2D eigenvalue weighted by Gasteiger charge is 2.27. The first-order valence-corrected chi connectivity index (χ1v) is 4.95. The lowest BCUT2D eigenvalue weighted by molar-refractivity contribution is -0.144. The summed E-state index contributed by atoms with van der Waals surface area (Å²) < 4.78 is 0. The monoisotopic (exact) mass is 230 g/mol. The van der Waals surface area contributed by atoms with Crippen molar-refractivity contribution in [3.63, 3.8) is 0 Å². The van der Waals surface area contributed by atoms with Crippen molar-refractivity contribution in [2.24, 2.45) is 5.92 Å². The second-order valence-electron chi connectivity index (χ2n) is 3.62. The molecule has 0 bridgehead atoms. The molecule has 4 N–H and O–H groups in total. The number of nitrogens with one attached hydrogen (secondary N) is 2. The van der Waals surface area contributed by atoms with Crippen LogP contribution in [0, 0.1) is 5.92 Å². The molecule has 7 nitrogen and oxygen atoms in total. The number of carboxylic acid groups (broad SMARTS) is 1. The highest BCUT2D eigenvalue weighted by Crippen LogP contribution is 2.10. The number of piperidine rings is 1. The second kappa shape index (κ2) is 5.45. The summed E-state index contributed by atoms with van der Waals surface area (Å²) in [4.78, 5) is 32.9. The van der Waals surface area contributed by atoms with Crippen LogP contribution in [-0.4, -0.2) is 47.2 Å². The van der Waals surface area contributed by atoms with Gasteiger partial charge in [0.05, 0.1) is 12.5 Å². The standard InChI is InChI=1S/C9H14N2O5/c12-4-6(9(15)16)11-8(14)5-1-2-7(13)10-3-5/h5-6,12H,1-4H2,(H,10,13)(H,11,14)(H,15,16)/t5?,6-/m0/s1. The van der Waals surface area contributed by atoms with Crippen LogP contribution in [0.3, 0.4) is 0 Å². The van der Waals surface area contributed by atoms with Crippen LogP contribution in [-0.2, 0) is 14.4 Å². The highest BCUT2D eigenvalue weighted by molar-refractivity contribution is 5.87. The third-order valence-corrected chi connectivity index (χ3v) is 2.43. The van der Waals surface area contributed by atoms with Crippen molar-refractivity contribution in [2.45, 2.75) is 18.9 Å². The zero-order valence-corrected chi connectivity index (χ0v) is 8.60. The van der Waals surface area contributed by atoms with Gasteiger partial charge in [-0.3, -0.25) is 9.59 Å². The fraction of sp³-hybridized carbons (Fsp3) is 0.667. The van der Waals surface area contributed by atoms with Crippen molar-refractivity contribution in [1.82, 2.24) is 10.6 Å². The van der Waals surface area contributed by atoms with Crippen molar-refractivity contribution < 1.29 is 24.6 Å². The largest absolute Gasteiger partial charge is 0.480 e. The molecule has 1 heterocycles. The molecule has 2 amide bonds. The molecule has 0 spiro atoms. The summed E-state index contributed by atoms with van der Waals surface area (Å²) in [6, 6.07) is -1.29. The van der Waals surface area contributed by atoms with Gasteiger partial charge >= 0.3 is 5.97 Å². The lowest BCUT2D eigenvalue weighted by Gasteiger charge is -2.23. The number of hydrogen-bond donors (Lipinski definition) is 4. The third kappa shape index (κ3) is 3.20. The van der Waals surface area contributed by atoms with E-state index in [0.29, 0.717) is 6.42 Å². The Morgan fingerprint density at radius 2 is 2.25 bits per heavy atom. The SMILES string of the molecule is O=C1CCC(C(=O)N[C@@H](CO)C(=O)O)CN1. The maximum absolute atomic E-state index is 11.5. The number of aliphatic hydroxyl groups excluding tert-OH is 1. The van der Waals surface area contributed by atoms with E-state index in [0.717, 1.165) is 0 Å². The number of aliphatic carboxylic acids is 1. The average molecular weight is 230 g/mol. The number of carboxylic acids is 1. The second-order valence-corrected chi connectivity index (χ2v) is 3.62. The number of carbonyl (C=O) groups excluding carboxylic acids is 2. The lowest BCUT2D eigenvalue weighted by Crippen LogP contribution is -2.49. The van der Waals surface area contributed by atoms with E-state index in [1.54, 1.807) is 0 Å². The molecule has 0 aliphatic carbocycles. The molecule has 0 radical (unpaired) electrons. The van der Waals surface area contributed by atoms with Crippen molar-refractivity contribution in [2.75, 3.05) is 13.2 Å². The van der Waals surface area contributed by atoms with E-state index in [-0.39, 0.29) is 18.9 Å². The topological polar surface area (TPSA) is 116 Å². The molecule has 1 aliphatic heterocycles. The van der Waals surface area contributed by atoms with Crippen molar-refractivity contribution >= 4 is 17.8 Å². The van der Waals surface area contributed by atoms with Crippen LogP contribution >= 0.6 is 0 Å². The average Bonchev–Trinajstić information content (AvgIpc) is 2.26. The van der Waals surface area contributed by atoms with E-state index < -0.39 is 30.4 Å². The third-order valence-electron chi connectivity index (χ3n) is 2.43. The van der Waals surface area contributed by atoms with Gasteiger partial charge in [-0.2, -0.15) is 0 Å². The van der Waals surface area contributed by atoms with Gasteiger partial charge in [0, 0.05) is 13.0 Å². The molecular weight excluding hydrogens is 216 g/mol. The maximum Gasteiger partial charge on any atom is 0.328 e. The molecule has 16 heavy (non-hydrogen) atoms. The Balaban J connectivity index is 2.45. The number of aliphatic hydroxyl groups is 1. The van der Waals surface area contributed by atoms with Crippen LogP contribution in [0.2, 0.25) is 0 Å². The summed E-state index contributed by atoms with van der Waals surface area (Å²) >= 11 is 0. The molecule has 1 aliphatic rings. The summed E-state index contributed by atoms with van der Waals surface area (Å²) in [5.74, 6) is -2.27. The normalized spacial score (nSPS) is 22.1. The number of rotatable bonds is 4. The Hall–Kier alpha value is -1.63. The van der Waals surface area contributed by atoms with Gasteiger partial charge in [0.1, 0.15) is 6.04 Å². The van der Waals surface area contributed by atoms with Crippen LogP contribution in [0.4, 0.5) is 0 Å². The van der Waals surface area contributed by atoms with E-state index in [2.05, 4.69) is 10.6 Å². The van der Waals surface area contributed by atoms with Crippen LogP contribution in [0.25, 0.3) is 0 Å². The fourth-order valence-electron chi connectivity index (χ4n) is 1.43. The van der Waals surface area contributed by atoms with Crippen LogP contribution in [0.5, 0.6) is 0 Å². The molecule has 0 aromatic heterocycles. The lowest BCUT2D eigenvalue weighted by atomic mass is 9.98. The Kier molecular flexibility index (Phi) is 4.24. The summed E-state index contributed by atoms with van der Waals surface area (Å²) in [6.07, 6.45) is 0.657. The van der Waals surface area contributed by atoms with Gasteiger partial charge in [-0.15, -0.1) is 0 Å². The van der Waals surface area contributed by atoms with E-state index in [1.807, 2.05) is 0 Å². The van der Waals surface area contributed by atoms with Crippen LogP contribution in [0.1, 0.15) is 12.8 Å². The summed E-state index contributed by atoms with van der Waals surface area (Å²) in [5.41, 5.74) is 0. The number of carbonyl (C=O) groups is 3. The van der Waals surface area contributed by atoms with E-state index >= 15 is 0 Å². The molecule has 1 unspecified atom stereocenters. The van der Waals surface area contributed by atoms with Crippen molar-refractivity contribution in [1.29, 1.82) is 0 Å². The van der Waals surface area contributed by atoms with E-state index in [1.165, 1.54) is 0 Å². The first-order chi connectivity index (χ1) is 7.54. The molecule has 1 fully saturated rings. The molecule has 7 heteroatoms. The Morgan fingerprint density at radius 3 is 2.69 bits per heavy atom. The fourth-order valence-corrected chi connectivity index (χ4v) is 1.43. The quantitative estimate of drug-likeness (QED) is 0.449. The Labute approximate surface area is 91.8 Å². The van der Waals surface area contributed by atoms with Gasteiger partial charge in [0.25, 0.3) is 0 Å². The van der Waals surface area contributed by atoms with Crippen molar-refractivity contribution in [3.05, 3.63) is 0 Å². The molecule has 0 saturated carbocycles. The first-order valence-electron chi connectivity index (χ1n) is 4.95. The predicted molar refractivity (Wildman–Crippen MR) is 52.4 cm³/mol. The molecule has 0 aromatic carbocycles. The van der Waals surface area contributed by atoms with Crippen molar-refractivity contribution in [3.8, 4) is 0 Å². The highest BCUT2D eigenvalue weighted by atomic mass is 16.4. The van der Waals surface area contributed by atoms with Gasteiger partial charge in [0.2, 0.25) is 11.8 Å². The molecule has 0 aromatic rings. The van der Waals surface area contributed by atoms with Gasteiger partial charge in [-0.05, 0) is 6.42 Å². The van der Waals surface area contributed by atoms with Gasteiger partial charge in [0.15, 0.2) is 0 Å². The Morgan fingerprint density at radius 1 is 1.56 bits per heavy atom. The number of amides is 2. The van der Waals surface area contributed by atoms with Gasteiger partial charge in [-0.25, -0.2) is 4.79 Å². The number of hydrogen-bond acceptors (Lipinski definition) is 4. The minimum absolute atomic E-state index is 0.110. The predicted octanol–water partition coefficient (Wildman–Crippen LogP) is -1.93. The molecule has 1 saturated heterocycles. The molecule has 2 atom stereocenters. The van der Waals surface area contributed by atoms with E-state index in [4.69, 9.17) is 10.2 Å². The van der Waals surface area contributed by atoms with Crippen LogP contribution < -0.4 is 10.6 Å². The first kappa shape index (κ1) is 12.4. The molecule has 1 rings (SSSR count). The summed E-state index contributed by atoms with van der Waals surface area (Å²) in [7, 11) is 0. The smallest absolute Gasteiger partial charge is 0.328 e. The molecule has 90 valence electrons. The van der Waals surface area contributed by atoms with Gasteiger partial charge < -0.3 is 20.8 Å². The zero-order valence-electron chi connectivity index (χ0n) is 8.60. The molecular formula is C9H14N2O5. The minimum atomic E-state index is -1.29. The summed E-state index contributed by atoms with van der Waals surface area (Å²) in [5, 5.41) is 22.1.